The normalized spacial score (nSPS) is 10.8. The predicted molar refractivity (Wildman–Crippen MR) is 185 cm³/mol. The molecule has 0 saturated heterocycles. The van der Waals surface area contributed by atoms with Crippen LogP contribution in [0.1, 0.15) is 55.8 Å². The van der Waals surface area contributed by atoms with Crippen LogP contribution in [0.25, 0.3) is 0 Å². The first-order valence-electron chi connectivity index (χ1n) is 15.8. The third-order valence-corrected chi connectivity index (χ3v) is 8.64. The van der Waals surface area contributed by atoms with E-state index in [1.165, 1.54) is 21.9 Å². The quantitative estimate of drug-likeness (QED) is 0.0987. The second-order valence-electron chi connectivity index (χ2n) is 12.1. The molecule has 0 unspecified atom stereocenters. The van der Waals surface area contributed by atoms with Gasteiger partial charge in [0.05, 0.1) is 12.8 Å². The summed E-state index contributed by atoms with van der Waals surface area (Å²) >= 11 is 0. The van der Waals surface area contributed by atoms with Crippen LogP contribution < -0.4 is 43.5 Å². The average molecular weight is 707 g/mol. The summed E-state index contributed by atoms with van der Waals surface area (Å²) in [5, 5.41) is 0. The summed E-state index contributed by atoms with van der Waals surface area (Å²) in [4.78, 5) is 65.2. The second-order valence-corrected chi connectivity index (χ2v) is 13.4. The van der Waals surface area contributed by atoms with Crippen molar-refractivity contribution in [2.75, 3.05) is 28.2 Å². The minimum atomic E-state index is -4.83. The van der Waals surface area contributed by atoms with Gasteiger partial charge in [-0.1, -0.05) is 72.8 Å². The van der Waals surface area contributed by atoms with Crippen LogP contribution in [0.5, 0.6) is 11.5 Å². The van der Waals surface area contributed by atoms with E-state index in [9.17, 15) is 28.6 Å². The van der Waals surface area contributed by atoms with Gasteiger partial charge in [-0.25, -0.2) is 4.57 Å². The van der Waals surface area contributed by atoms with E-state index < -0.39 is 7.82 Å². The SMILES string of the molecule is CN(C)C(=O)Cc1ccc(C(=O)CCc2cccc(OP(=O)([O-])Oc3cccc(CCC(=O)c4ccc(CC(=O)N(C)C)cc4)c3)c2)cc1.[Na+]. The molecule has 10 nitrogen and oxygen atoms in total. The molecule has 0 fully saturated rings. The molecule has 0 bridgehead atoms. The molecule has 4 aromatic rings. The molecule has 0 radical (unpaired) electrons. The Kier molecular flexibility index (Phi) is 15.2. The van der Waals surface area contributed by atoms with E-state index in [0.717, 1.165) is 11.1 Å². The summed E-state index contributed by atoms with van der Waals surface area (Å²) in [6, 6.07) is 26.8. The number of phosphoric ester groups is 1. The van der Waals surface area contributed by atoms with E-state index in [1.54, 1.807) is 113 Å². The van der Waals surface area contributed by atoms with E-state index in [1.807, 2.05) is 0 Å². The molecule has 4 rings (SSSR count). The van der Waals surface area contributed by atoms with Gasteiger partial charge in [0.2, 0.25) is 11.8 Å². The summed E-state index contributed by atoms with van der Waals surface area (Å²) < 4.78 is 23.2. The average Bonchev–Trinajstić information content (AvgIpc) is 3.06. The smallest absolute Gasteiger partial charge is 0.736 e. The topological polar surface area (TPSA) is 133 Å². The van der Waals surface area contributed by atoms with Gasteiger partial charge in [-0.15, -0.1) is 0 Å². The molecular weight excluding hydrogens is 666 g/mol. The second kappa shape index (κ2) is 18.8. The number of phosphoric acid groups is 1. The van der Waals surface area contributed by atoms with Crippen molar-refractivity contribution in [3.63, 3.8) is 0 Å². The van der Waals surface area contributed by atoms with Crippen LogP contribution in [0.4, 0.5) is 0 Å². The van der Waals surface area contributed by atoms with Gasteiger partial charge in [-0.05, 0) is 59.4 Å². The standard InChI is InChI=1S/C38H41N2O8P.Na/c1-39(2)37(43)25-29-11-17-31(18-12-29)35(41)21-15-27-7-5-9-33(23-27)47-49(45,46)48-34-10-6-8-28(24-34)16-22-36(42)32-19-13-30(14-20-32)26-38(44)40(3)4;/h5-14,17-20,23-24H,15-16,21-22,25-26H2,1-4H3,(H,45,46);/q;+1/p-1. The Morgan fingerprint density at radius 3 is 1.28 bits per heavy atom. The first-order valence-corrected chi connectivity index (χ1v) is 17.3. The molecule has 2 amide bonds. The number of carbonyl (C=O) groups is 4. The molecule has 0 aromatic heterocycles. The van der Waals surface area contributed by atoms with Crippen LogP contribution in [0.2, 0.25) is 0 Å². The van der Waals surface area contributed by atoms with Crippen molar-refractivity contribution >= 4 is 31.2 Å². The summed E-state index contributed by atoms with van der Waals surface area (Å²) in [5.41, 5.74) is 4.12. The first-order chi connectivity index (χ1) is 23.3. The van der Waals surface area contributed by atoms with E-state index in [2.05, 4.69) is 0 Å². The molecule has 0 spiro atoms. The van der Waals surface area contributed by atoms with Crippen molar-refractivity contribution in [3.05, 3.63) is 130 Å². The molecule has 0 heterocycles. The predicted octanol–water partition coefficient (Wildman–Crippen LogP) is 2.51. The molecule has 0 N–H and O–H groups in total. The van der Waals surface area contributed by atoms with Crippen LogP contribution in [0, 0.1) is 0 Å². The van der Waals surface area contributed by atoms with Crippen LogP contribution >= 0.6 is 7.82 Å². The number of rotatable bonds is 16. The molecule has 0 saturated carbocycles. The van der Waals surface area contributed by atoms with Crippen molar-refractivity contribution in [1.29, 1.82) is 0 Å². The van der Waals surface area contributed by atoms with E-state index in [0.29, 0.717) is 35.1 Å². The zero-order valence-corrected chi connectivity index (χ0v) is 32.0. The number of ketones is 2. The maximum Gasteiger partial charge on any atom is 1.00 e. The number of carbonyl (C=O) groups excluding carboxylic acids is 4. The van der Waals surface area contributed by atoms with Crippen molar-refractivity contribution in [2.45, 2.75) is 38.5 Å². The molecule has 0 aliphatic rings. The van der Waals surface area contributed by atoms with Gasteiger partial charge in [-0.2, -0.15) is 0 Å². The maximum atomic E-state index is 12.8. The van der Waals surface area contributed by atoms with E-state index in [-0.39, 0.29) is 90.1 Å². The first kappa shape index (κ1) is 40.4. The van der Waals surface area contributed by atoms with Crippen LogP contribution in [0.15, 0.2) is 97.1 Å². The number of aryl methyl sites for hydroxylation is 2. The van der Waals surface area contributed by atoms with Gasteiger partial charge in [0.25, 0.3) is 0 Å². The van der Waals surface area contributed by atoms with Crippen molar-refractivity contribution in [2.24, 2.45) is 0 Å². The molecule has 256 valence electrons. The molecule has 0 aliphatic heterocycles. The zero-order valence-electron chi connectivity index (χ0n) is 29.1. The fraction of sp³-hybridized carbons (Fsp3) is 0.263. The fourth-order valence-corrected chi connectivity index (χ4v) is 5.66. The van der Waals surface area contributed by atoms with Crippen molar-refractivity contribution < 1.29 is 67.2 Å². The third kappa shape index (κ3) is 12.7. The summed E-state index contributed by atoms with van der Waals surface area (Å²) in [5.74, 6) is -0.108. The number of Topliss-reactive ketones (excluding diaryl/α,β-unsaturated/α-hetero) is 2. The fourth-order valence-electron chi connectivity index (χ4n) is 4.88. The number of nitrogens with zero attached hydrogens (tertiary/aromatic N) is 2. The van der Waals surface area contributed by atoms with Crippen LogP contribution in [-0.4, -0.2) is 61.4 Å². The minimum Gasteiger partial charge on any atom is -0.736 e. The van der Waals surface area contributed by atoms with E-state index in [4.69, 9.17) is 9.05 Å². The maximum absolute atomic E-state index is 12.8. The third-order valence-electron chi connectivity index (χ3n) is 7.77. The molecule has 0 aliphatic carbocycles. The Bertz CT molecular complexity index is 1710. The van der Waals surface area contributed by atoms with Gasteiger partial charge in [0.15, 0.2) is 11.6 Å². The number of benzene rings is 4. The number of likely N-dealkylation sites (N-methyl/N-ethyl adjacent to an activating group) is 2. The molecule has 50 heavy (non-hydrogen) atoms. The monoisotopic (exact) mass is 706 g/mol. The zero-order chi connectivity index (χ0) is 35.6. The summed E-state index contributed by atoms with van der Waals surface area (Å²) in [6.45, 7) is 0. The molecular formula is C38H40N2NaO8P. The summed E-state index contributed by atoms with van der Waals surface area (Å²) in [6.07, 6.45) is 1.64. The van der Waals surface area contributed by atoms with Gasteiger partial charge < -0.3 is 23.7 Å². The van der Waals surface area contributed by atoms with Gasteiger partial charge >= 0.3 is 37.4 Å². The van der Waals surface area contributed by atoms with Crippen LogP contribution in [-0.2, 0) is 39.8 Å². The number of hydrogen-bond donors (Lipinski definition) is 0. The Hall–Kier alpha value is -4.05. The van der Waals surface area contributed by atoms with Gasteiger partial charge in [0, 0.05) is 52.2 Å². The molecule has 4 aromatic carbocycles. The number of hydrogen-bond acceptors (Lipinski definition) is 8. The molecule has 0 atom stereocenters. The Morgan fingerprint density at radius 1 is 0.580 bits per heavy atom. The van der Waals surface area contributed by atoms with E-state index >= 15 is 0 Å². The van der Waals surface area contributed by atoms with Gasteiger partial charge in [0.1, 0.15) is 11.5 Å². The van der Waals surface area contributed by atoms with Gasteiger partial charge in [-0.3, -0.25) is 19.2 Å². The largest absolute Gasteiger partial charge is 1.00 e. The summed E-state index contributed by atoms with van der Waals surface area (Å²) in [7, 11) is 1.94. The molecule has 12 heteroatoms. The Morgan fingerprint density at radius 2 is 0.940 bits per heavy atom. The Balaban J connectivity index is 0.00000676. The Labute approximate surface area is 315 Å². The minimum absolute atomic E-state index is 0. The van der Waals surface area contributed by atoms with Crippen molar-refractivity contribution in [3.8, 4) is 11.5 Å². The number of amides is 2. The van der Waals surface area contributed by atoms with Crippen molar-refractivity contribution in [1.82, 2.24) is 9.80 Å². The van der Waals surface area contributed by atoms with Crippen LogP contribution in [0.3, 0.4) is 0 Å².